The molecule has 0 heterocycles. The zero-order valence-corrected chi connectivity index (χ0v) is 16.5. The Morgan fingerprint density at radius 2 is 1.93 bits per heavy atom. The van der Waals surface area contributed by atoms with Crippen molar-refractivity contribution in [3.8, 4) is 5.75 Å². The van der Waals surface area contributed by atoms with E-state index in [2.05, 4.69) is 23.5 Å². The lowest BCUT2D eigenvalue weighted by Gasteiger charge is -2.16. The second kappa shape index (κ2) is 9.54. The second-order valence-electron chi connectivity index (χ2n) is 7.71. The van der Waals surface area contributed by atoms with Crippen molar-refractivity contribution in [2.24, 2.45) is 0 Å². The van der Waals surface area contributed by atoms with Crippen LogP contribution >= 0.6 is 0 Å². The predicted octanol–water partition coefficient (Wildman–Crippen LogP) is 4.08. The van der Waals surface area contributed by atoms with Crippen LogP contribution in [0.4, 0.5) is 0 Å². The van der Waals surface area contributed by atoms with Crippen LogP contribution in [0.25, 0.3) is 0 Å². The van der Waals surface area contributed by atoms with Crippen LogP contribution < -0.4 is 5.32 Å². The smallest absolute Gasteiger partial charge is 0.216 e. The molecule has 0 aliphatic heterocycles. The highest BCUT2D eigenvalue weighted by molar-refractivity contribution is 5.81. The summed E-state index contributed by atoms with van der Waals surface area (Å²) in [5, 5.41) is 13.6. The maximum Gasteiger partial charge on any atom is 0.216 e. The van der Waals surface area contributed by atoms with E-state index in [4.69, 9.17) is 0 Å². The Balaban J connectivity index is 1.57. The second-order valence-corrected chi connectivity index (χ2v) is 7.71. The van der Waals surface area contributed by atoms with Crippen LogP contribution in [0.5, 0.6) is 5.75 Å². The maximum atomic E-state index is 12.4. The summed E-state index contributed by atoms with van der Waals surface area (Å²) >= 11 is 0. The molecule has 1 aliphatic rings. The molecule has 4 heteroatoms. The summed E-state index contributed by atoms with van der Waals surface area (Å²) in [4.78, 5) is 23.5. The van der Waals surface area contributed by atoms with Gasteiger partial charge in [0.15, 0.2) is 0 Å². The highest BCUT2D eigenvalue weighted by atomic mass is 16.3. The van der Waals surface area contributed by atoms with E-state index < -0.39 is 0 Å². The predicted molar refractivity (Wildman–Crippen MR) is 111 cm³/mol. The zero-order valence-electron chi connectivity index (χ0n) is 16.5. The van der Waals surface area contributed by atoms with Gasteiger partial charge in [-0.25, -0.2) is 0 Å². The van der Waals surface area contributed by atoms with Crippen LogP contribution in [-0.4, -0.2) is 23.3 Å². The van der Waals surface area contributed by atoms with Crippen molar-refractivity contribution in [1.82, 2.24) is 5.32 Å². The molecular weight excluding hydrogens is 350 g/mol. The molecule has 1 unspecified atom stereocenters. The SMILES string of the molecule is CC(=O)NCCC1CCc2ccc(CC(=O)CCCc3ccccc3)c(O)c21. The van der Waals surface area contributed by atoms with Gasteiger partial charge in [-0.1, -0.05) is 42.5 Å². The van der Waals surface area contributed by atoms with Crippen LogP contribution in [0.1, 0.15) is 60.8 Å². The summed E-state index contributed by atoms with van der Waals surface area (Å²) in [5.41, 5.74) is 4.14. The molecule has 28 heavy (non-hydrogen) atoms. The number of phenols is 1. The van der Waals surface area contributed by atoms with Gasteiger partial charge < -0.3 is 10.4 Å². The first-order valence-electron chi connectivity index (χ1n) is 10.2. The van der Waals surface area contributed by atoms with Crippen molar-refractivity contribution >= 4 is 11.7 Å². The molecule has 4 nitrogen and oxygen atoms in total. The third-order valence-corrected chi connectivity index (χ3v) is 5.58. The van der Waals surface area contributed by atoms with E-state index in [1.54, 1.807) is 0 Å². The van der Waals surface area contributed by atoms with Gasteiger partial charge >= 0.3 is 0 Å². The molecule has 2 aromatic rings. The van der Waals surface area contributed by atoms with Gasteiger partial charge in [-0.2, -0.15) is 0 Å². The van der Waals surface area contributed by atoms with Crippen LogP contribution in [0.3, 0.4) is 0 Å². The summed E-state index contributed by atoms with van der Waals surface area (Å²) < 4.78 is 0. The van der Waals surface area contributed by atoms with Crippen LogP contribution in [-0.2, 0) is 28.9 Å². The molecule has 0 spiro atoms. The lowest BCUT2D eigenvalue weighted by molar-refractivity contribution is -0.119. The summed E-state index contributed by atoms with van der Waals surface area (Å²) in [6.45, 7) is 2.13. The fraction of sp³-hybridized carbons (Fsp3) is 0.417. The first-order chi connectivity index (χ1) is 13.5. The van der Waals surface area contributed by atoms with Gasteiger partial charge in [-0.05, 0) is 49.1 Å². The van der Waals surface area contributed by atoms with Gasteiger partial charge in [0.05, 0.1) is 0 Å². The fourth-order valence-corrected chi connectivity index (χ4v) is 4.13. The number of hydrogen-bond acceptors (Lipinski definition) is 3. The molecule has 0 aromatic heterocycles. The molecule has 0 fully saturated rings. The van der Waals surface area contributed by atoms with Crippen LogP contribution in [0.15, 0.2) is 42.5 Å². The number of ketones is 1. The van der Waals surface area contributed by atoms with E-state index in [0.29, 0.717) is 18.7 Å². The van der Waals surface area contributed by atoms with Gasteiger partial charge in [-0.3, -0.25) is 9.59 Å². The van der Waals surface area contributed by atoms with E-state index >= 15 is 0 Å². The van der Waals surface area contributed by atoms with Crippen LogP contribution in [0.2, 0.25) is 0 Å². The largest absolute Gasteiger partial charge is 0.507 e. The van der Waals surface area contributed by atoms with Crippen molar-refractivity contribution < 1.29 is 14.7 Å². The summed E-state index contributed by atoms with van der Waals surface area (Å²) in [5.74, 6) is 0.672. The van der Waals surface area contributed by atoms with E-state index in [1.807, 2.05) is 24.3 Å². The van der Waals surface area contributed by atoms with Gasteiger partial charge in [0.1, 0.15) is 11.5 Å². The average molecular weight is 380 g/mol. The molecular formula is C24H29NO3. The summed E-state index contributed by atoms with van der Waals surface area (Å²) in [6, 6.07) is 14.1. The normalized spacial score (nSPS) is 15.2. The van der Waals surface area contributed by atoms with Crippen LogP contribution in [0, 0.1) is 0 Å². The van der Waals surface area contributed by atoms with Crippen molar-refractivity contribution in [2.45, 2.75) is 57.8 Å². The molecule has 1 atom stereocenters. The van der Waals surface area contributed by atoms with Gasteiger partial charge in [0, 0.05) is 37.4 Å². The number of phenolic OH excluding ortho intramolecular Hbond substituents is 1. The number of amides is 1. The monoisotopic (exact) mass is 379 g/mol. The number of benzene rings is 2. The highest BCUT2D eigenvalue weighted by Crippen LogP contribution is 2.42. The number of hydrogen-bond donors (Lipinski definition) is 2. The first-order valence-corrected chi connectivity index (χ1v) is 10.2. The summed E-state index contributed by atoms with van der Waals surface area (Å²) in [7, 11) is 0. The lowest BCUT2D eigenvalue weighted by atomic mass is 9.92. The number of rotatable bonds is 9. The van der Waals surface area contributed by atoms with Crippen molar-refractivity contribution in [2.75, 3.05) is 6.54 Å². The minimum Gasteiger partial charge on any atom is -0.507 e. The van der Waals surface area contributed by atoms with Crippen molar-refractivity contribution in [3.05, 3.63) is 64.7 Å². The molecule has 148 valence electrons. The molecule has 3 rings (SSSR count). The average Bonchev–Trinajstić information content (AvgIpc) is 3.08. The zero-order chi connectivity index (χ0) is 19.9. The molecule has 2 aromatic carbocycles. The third-order valence-electron chi connectivity index (χ3n) is 5.58. The molecule has 1 aliphatic carbocycles. The summed E-state index contributed by atoms with van der Waals surface area (Å²) in [6.07, 6.45) is 5.27. The van der Waals surface area contributed by atoms with Crippen molar-refractivity contribution in [3.63, 3.8) is 0 Å². The van der Waals surface area contributed by atoms with E-state index in [0.717, 1.165) is 43.2 Å². The van der Waals surface area contributed by atoms with E-state index in [-0.39, 0.29) is 24.0 Å². The fourth-order valence-electron chi connectivity index (χ4n) is 4.13. The quantitative estimate of drug-likeness (QED) is 0.690. The number of aryl methyl sites for hydroxylation is 2. The number of Topliss-reactive ketones (excluding diaryl/α,β-unsaturated/α-hetero) is 1. The third kappa shape index (κ3) is 5.22. The Hall–Kier alpha value is -2.62. The Morgan fingerprint density at radius 1 is 1.14 bits per heavy atom. The Morgan fingerprint density at radius 3 is 2.68 bits per heavy atom. The lowest BCUT2D eigenvalue weighted by Crippen LogP contribution is -2.22. The van der Waals surface area contributed by atoms with Gasteiger partial charge in [-0.15, -0.1) is 0 Å². The Bertz CT molecular complexity index is 829. The van der Waals surface area contributed by atoms with Gasteiger partial charge in [0.25, 0.3) is 0 Å². The maximum absolute atomic E-state index is 12.4. The highest BCUT2D eigenvalue weighted by Gasteiger charge is 2.27. The number of nitrogens with one attached hydrogen (secondary N) is 1. The topological polar surface area (TPSA) is 66.4 Å². The minimum absolute atomic E-state index is 0.0303. The van der Waals surface area contributed by atoms with E-state index in [9.17, 15) is 14.7 Å². The molecule has 0 bridgehead atoms. The number of fused-ring (bicyclic) bond motifs is 1. The van der Waals surface area contributed by atoms with Crippen molar-refractivity contribution in [1.29, 1.82) is 0 Å². The number of carbonyl (C=O) groups is 2. The van der Waals surface area contributed by atoms with E-state index in [1.165, 1.54) is 18.1 Å². The molecule has 0 saturated carbocycles. The molecule has 1 amide bonds. The Kier molecular flexibility index (Phi) is 6.85. The molecule has 0 saturated heterocycles. The number of carbonyl (C=O) groups excluding carboxylic acids is 2. The standard InChI is InChI=1S/C24H29NO3/c1-17(26)25-15-14-20-11-10-19-12-13-21(24(28)23(19)20)16-22(27)9-5-8-18-6-3-2-4-7-18/h2-4,6-7,12-13,20,28H,5,8-11,14-16H2,1H3,(H,25,26). The minimum atomic E-state index is -0.0303. The molecule has 0 radical (unpaired) electrons. The van der Waals surface area contributed by atoms with Gasteiger partial charge in [0.2, 0.25) is 5.91 Å². The Labute approximate surface area is 167 Å². The first kappa shape index (κ1) is 20.1. The number of aromatic hydroxyl groups is 1. The molecule has 2 N–H and O–H groups in total.